The van der Waals surface area contributed by atoms with Gasteiger partial charge in [-0.1, -0.05) is 13.8 Å². The van der Waals surface area contributed by atoms with E-state index < -0.39 is 0 Å². The molecule has 1 N–H and O–H groups in total. The second-order valence-electron chi connectivity index (χ2n) is 7.40. The fourth-order valence-corrected chi connectivity index (χ4v) is 3.45. The maximum atomic E-state index is 12.4. The Hall–Kier alpha value is -1.92. The van der Waals surface area contributed by atoms with Gasteiger partial charge in [0, 0.05) is 50.4 Å². The van der Waals surface area contributed by atoms with E-state index >= 15 is 0 Å². The van der Waals surface area contributed by atoms with Gasteiger partial charge in [-0.25, -0.2) is 0 Å². The summed E-state index contributed by atoms with van der Waals surface area (Å²) in [5, 5.41) is 3.02. The van der Waals surface area contributed by atoms with Crippen LogP contribution in [0.3, 0.4) is 0 Å². The Kier molecular flexibility index (Phi) is 8.25. The fraction of sp³-hybridized carbons (Fsp3) is 0.619. The van der Waals surface area contributed by atoms with E-state index in [1.54, 1.807) is 25.3 Å². The van der Waals surface area contributed by atoms with E-state index in [2.05, 4.69) is 29.0 Å². The van der Waals surface area contributed by atoms with Crippen LogP contribution in [0, 0.1) is 5.92 Å². The van der Waals surface area contributed by atoms with E-state index in [-0.39, 0.29) is 18.1 Å². The summed E-state index contributed by atoms with van der Waals surface area (Å²) in [7, 11) is 1.57. The lowest BCUT2D eigenvalue weighted by Crippen LogP contribution is -2.48. The molecule has 6 nitrogen and oxygen atoms in total. The molecule has 1 heterocycles. The van der Waals surface area contributed by atoms with Gasteiger partial charge < -0.3 is 19.9 Å². The van der Waals surface area contributed by atoms with Gasteiger partial charge in [0.25, 0.3) is 0 Å². The van der Waals surface area contributed by atoms with Crippen LogP contribution < -0.4 is 10.1 Å². The number of nitrogens with zero attached hydrogens (tertiary/aromatic N) is 2. The highest BCUT2D eigenvalue weighted by atomic mass is 16.5. The first-order valence-corrected chi connectivity index (χ1v) is 9.82. The Bertz CT molecular complexity index is 640. The summed E-state index contributed by atoms with van der Waals surface area (Å²) in [5.41, 5.74) is 1.34. The van der Waals surface area contributed by atoms with Gasteiger partial charge in [0.15, 0.2) is 5.78 Å². The average molecular weight is 376 g/mol. The molecule has 1 aromatic carbocycles. The van der Waals surface area contributed by atoms with Crippen molar-refractivity contribution in [2.24, 2.45) is 5.92 Å². The summed E-state index contributed by atoms with van der Waals surface area (Å²) in [6, 6.07) is 5.22. The molecular formula is C21H33N3O3. The summed E-state index contributed by atoms with van der Waals surface area (Å²) >= 11 is 0. The predicted molar refractivity (Wildman–Crippen MR) is 107 cm³/mol. The number of carbonyl (C=O) groups excluding carboxylic acids is 2. The lowest BCUT2D eigenvalue weighted by atomic mass is 10.0. The highest BCUT2D eigenvalue weighted by Crippen LogP contribution is 2.21. The summed E-state index contributed by atoms with van der Waals surface area (Å²) in [4.78, 5) is 28.9. The molecule has 1 atom stereocenters. The van der Waals surface area contributed by atoms with Crippen LogP contribution in [-0.2, 0) is 11.2 Å². The molecule has 1 amide bonds. The molecule has 1 aliphatic heterocycles. The normalized spacial score (nSPS) is 16.7. The van der Waals surface area contributed by atoms with Crippen LogP contribution in [0.1, 0.15) is 36.7 Å². The third kappa shape index (κ3) is 6.63. The summed E-state index contributed by atoms with van der Waals surface area (Å²) in [6.07, 6.45) is 0.214. The molecule has 0 aliphatic carbocycles. The van der Waals surface area contributed by atoms with E-state index in [0.29, 0.717) is 23.8 Å². The molecule has 0 spiro atoms. The van der Waals surface area contributed by atoms with Gasteiger partial charge in [0.2, 0.25) is 5.91 Å². The predicted octanol–water partition coefficient (Wildman–Crippen LogP) is 1.83. The van der Waals surface area contributed by atoms with Gasteiger partial charge in [-0.05, 0) is 37.6 Å². The van der Waals surface area contributed by atoms with Crippen LogP contribution in [-0.4, -0.2) is 74.4 Å². The number of ketones is 1. The highest BCUT2D eigenvalue weighted by molar-refractivity contribution is 5.94. The van der Waals surface area contributed by atoms with Crippen LogP contribution in [0.15, 0.2) is 18.2 Å². The highest BCUT2D eigenvalue weighted by Gasteiger charge is 2.18. The van der Waals surface area contributed by atoms with Gasteiger partial charge >= 0.3 is 0 Å². The monoisotopic (exact) mass is 375 g/mol. The van der Waals surface area contributed by atoms with Crippen molar-refractivity contribution in [3.63, 3.8) is 0 Å². The fourth-order valence-electron chi connectivity index (χ4n) is 3.45. The molecule has 1 saturated heterocycles. The number of piperazine rings is 1. The summed E-state index contributed by atoms with van der Waals surface area (Å²) < 4.78 is 5.32. The zero-order valence-corrected chi connectivity index (χ0v) is 17.1. The molecular weight excluding hydrogens is 342 g/mol. The molecule has 150 valence electrons. The Morgan fingerprint density at radius 3 is 2.44 bits per heavy atom. The van der Waals surface area contributed by atoms with Crippen LogP contribution in [0.5, 0.6) is 5.75 Å². The standard InChI is InChI=1S/C21H33N3O3/c1-5-23-8-10-24(11-9-23)15-16(2)14-22-21(26)13-19-12-18(17(3)25)6-7-20(19)27-4/h6-7,12,16H,5,8-11,13-15H2,1-4H3,(H,22,26). The zero-order valence-electron chi connectivity index (χ0n) is 17.1. The molecule has 0 radical (unpaired) electrons. The maximum Gasteiger partial charge on any atom is 0.224 e. The van der Waals surface area contributed by atoms with Gasteiger partial charge in [-0.2, -0.15) is 0 Å². The number of benzene rings is 1. The topological polar surface area (TPSA) is 61.9 Å². The molecule has 6 heteroatoms. The smallest absolute Gasteiger partial charge is 0.224 e. The second kappa shape index (κ2) is 10.4. The molecule has 0 saturated carbocycles. The van der Waals surface area contributed by atoms with Gasteiger partial charge in [0.1, 0.15) is 5.75 Å². The first-order valence-electron chi connectivity index (χ1n) is 9.82. The number of amides is 1. The molecule has 1 fully saturated rings. The molecule has 27 heavy (non-hydrogen) atoms. The quantitative estimate of drug-likeness (QED) is 0.667. The lowest BCUT2D eigenvalue weighted by Gasteiger charge is -2.35. The molecule has 1 aliphatic rings. The lowest BCUT2D eigenvalue weighted by molar-refractivity contribution is -0.120. The van der Waals surface area contributed by atoms with Crippen molar-refractivity contribution in [1.82, 2.24) is 15.1 Å². The maximum absolute atomic E-state index is 12.4. The Balaban J connectivity index is 1.80. The number of hydrogen-bond acceptors (Lipinski definition) is 5. The van der Waals surface area contributed by atoms with Crippen molar-refractivity contribution in [2.45, 2.75) is 27.2 Å². The van der Waals surface area contributed by atoms with Crippen molar-refractivity contribution >= 4 is 11.7 Å². The molecule has 1 aromatic rings. The van der Waals surface area contributed by atoms with Crippen molar-refractivity contribution in [1.29, 1.82) is 0 Å². The van der Waals surface area contributed by atoms with E-state index in [1.807, 2.05) is 0 Å². The molecule has 0 bridgehead atoms. The van der Waals surface area contributed by atoms with Crippen molar-refractivity contribution in [2.75, 3.05) is 52.9 Å². The van der Waals surface area contributed by atoms with Crippen LogP contribution in [0.2, 0.25) is 0 Å². The van der Waals surface area contributed by atoms with E-state index in [9.17, 15) is 9.59 Å². The number of carbonyl (C=O) groups is 2. The number of nitrogens with one attached hydrogen (secondary N) is 1. The largest absolute Gasteiger partial charge is 0.496 e. The number of Topliss-reactive ketones (excluding diaryl/α,β-unsaturated/α-hetero) is 1. The van der Waals surface area contributed by atoms with Crippen LogP contribution in [0.4, 0.5) is 0 Å². The van der Waals surface area contributed by atoms with E-state index in [1.165, 1.54) is 6.92 Å². The third-order valence-electron chi connectivity index (χ3n) is 5.17. The first-order chi connectivity index (χ1) is 12.9. The molecule has 1 unspecified atom stereocenters. The minimum atomic E-state index is -0.0448. The summed E-state index contributed by atoms with van der Waals surface area (Å²) in [6.45, 7) is 13.1. The van der Waals surface area contributed by atoms with Gasteiger partial charge in [-0.3, -0.25) is 9.59 Å². The van der Waals surface area contributed by atoms with Crippen molar-refractivity contribution in [3.05, 3.63) is 29.3 Å². The Labute approximate surface area is 162 Å². The minimum absolute atomic E-state index is 0.0175. The SMILES string of the molecule is CCN1CCN(CC(C)CNC(=O)Cc2cc(C(C)=O)ccc2OC)CC1. The van der Waals surface area contributed by atoms with Crippen LogP contribution in [0.25, 0.3) is 0 Å². The number of rotatable bonds is 9. The number of methoxy groups -OCH3 is 1. The van der Waals surface area contributed by atoms with E-state index in [4.69, 9.17) is 4.74 Å². The summed E-state index contributed by atoms with van der Waals surface area (Å²) in [5.74, 6) is 0.970. The van der Waals surface area contributed by atoms with Gasteiger partial charge in [-0.15, -0.1) is 0 Å². The van der Waals surface area contributed by atoms with Gasteiger partial charge in [0.05, 0.1) is 13.5 Å². The first kappa shape index (κ1) is 21.4. The van der Waals surface area contributed by atoms with Crippen LogP contribution >= 0.6 is 0 Å². The minimum Gasteiger partial charge on any atom is -0.496 e. The third-order valence-corrected chi connectivity index (χ3v) is 5.17. The number of hydrogen-bond donors (Lipinski definition) is 1. The number of ether oxygens (including phenoxy) is 1. The van der Waals surface area contributed by atoms with Crippen molar-refractivity contribution in [3.8, 4) is 5.75 Å². The van der Waals surface area contributed by atoms with E-state index in [0.717, 1.165) is 44.8 Å². The zero-order chi connectivity index (χ0) is 19.8. The Morgan fingerprint density at radius 1 is 1.19 bits per heavy atom. The molecule has 0 aromatic heterocycles. The Morgan fingerprint density at radius 2 is 1.85 bits per heavy atom. The van der Waals surface area contributed by atoms with Crippen molar-refractivity contribution < 1.29 is 14.3 Å². The molecule has 2 rings (SSSR count). The second-order valence-corrected chi connectivity index (χ2v) is 7.40. The average Bonchev–Trinajstić information content (AvgIpc) is 2.67. The number of likely N-dealkylation sites (N-methyl/N-ethyl adjacent to an activating group) is 1.